The minimum absolute atomic E-state index is 0.410. The number of benzene rings is 2. The van der Waals surface area contributed by atoms with Gasteiger partial charge in [-0.2, -0.15) is 4.72 Å². The molecular weight excluding hydrogens is 442 g/mol. The number of nitrogens with one attached hydrogen (secondary N) is 1. The van der Waals surface area contributed by atoms with Gasteiger partial charge in [-0.25, -0.2) is 0 Å². The number of halogens is 2. The molecule has 0 aliphatic carbocycles. The molecule has 2 rings (SSSR count). The van der Waals surface area contributed by atoms with Crippen molar-refractivity contribution in [2.75, 3.05) is 0 Å². The zero-order valence-corrected chi connectivity index (χ0v) is 15.9. The van der Waals surface area contributed by atoms with Crippen LogP contribution in [0.2, 0.25) is 0 Å². The summed E-state index contributed by atoms with van der Waals surface area (Å²) in [7, 11) is 0. The van der Waals surface area contributed by atoms with Crippen molar-refractivity contribution < 1.29 is 9.35 Å². The van der Waals surface area contributed by atoms with Gasteiger partial charge in [0, 0.05) is 15.0 Å². The van der Waals surface area contributed by atoms with E-state index >= 15 is 0 Å². The average molecular weight is 455 g/mol. The molecular formula is C17H13Br2NO2S. The predicted octanol–water partition coefficient (Wildman–Crippen LogP) is 4.68. The SMILES string of the molecule is O=C(/C=C\c1ccc(Br)cc1)N[S+]([O-])/C=C/c1ccc(Br)cc1. The van der Waals surface area contributed by atoms with E-state index in [1.807, 2.05) is 48.5 Å². The molecule has 23 heavy (non-hydrogen) atoms. The van der Waals surface area contributed by atoms with Crippen LogP contribution in [0.15, 0.2) is 69.0 Å². The summed E-state index contributed by atoms with van der Waals surface area (Å²) in [5.74, 6) is -0.410. The van der Waals surface area contributed by atoms with Gasteiger partial charge in [0.25, 0.3) is 5.91 Å². The molecule has 6 heteroatoms. The summed E-state index contributed by atoms with van der Waals surface area (Å²) in [6.45, 7) is 0. The fourth-order valence-corrected chi connectivity index (χ4v) is 2.77. The Labute approximate surface area is 155 Å². The molecule has 0 saturated carbocycles. The molecule has 0 aliphatic rings. The second-order valence-electron chi connectivity index (χ2n) is 4.50. The molecule has 0 saturated heterocycles. The minimum Gasteiger partial charge on any atom is -0.588 e. The number of carbonyl (C=O) groups is 1. The third-order valence-corrected chi connectivity index (χ3v) is 4.60. The van der Waals surface area contributed by atoms with Crippen molar-refractivity contribution >= 4 is 61.3 Å². The molecule has 0 spiro atoms. The highest BCUT2D eigenvalue weighted by Crippen LogP contribution is 2.12. The van der Waals surface area contributed by atoms with Crippen LogP contribution in [0.3, 0.4) is 0 Å². The minimum atomic E-state index is -1.57. The summed E-state index contributed by atoms with van der Waals surface area (Å²) in [4.78, 5) is 11.7. The molecule has 1 N–H and O–H groups in total. The average Bonchev–Trinajstić information content (AvgIpc) is 2.54. The lowest BCUT2D eigenvalue weighted by atomic mass is 10.2. The molecule has 2 aromatic carbocycles. The smallest absolute Gasteiger partial charge is 0.285 e. The third kappa shape index (κ3) is 6.74. The lowest BCUT2D eigenvalue weighted by Crippen LogP contribution is -2.26. The van der Waals surface area contributed by atoms with Gasteiger partial charge in [-0.1, -0.05) is 56.1 Å². The van der Waals surface area contributed by atoms with E-state index in [0.29, 0.717) is 0 Å². The third-order valence-electron chi connectivity index (χ3n) is 2.75. The van der Waals surface area contributed by atoms with Gasteiger partial charge in [0.2, 0.25) is 0 Å². The lowest BCUT2D eigenvalue weighted by Gasteiger charge is -2.03. The van der Waals surface area contributed by atoms with E-state index in [4.69, 9.17) is 0 Å². The summed E-state index contributed by atoms with van der Waals surface area (Å²) < 4.78 is 16.1. The normalized spacial score (nSPS) is 12.7. The first-order valence-electron chi connectivity index (χ1n) is 6.61. The van der Waals surface area contributed by atoms with Crippen molar-refractivity contribution in [3.8, 4) is 0 Å². The van der Waals surface area contributed by atoms with Crippen molar-refractivity contribution in [3.05, 3.63) is 80.1 Å². The predicted molar refractivity (Wildman–Crippen MR) is 103 cm³/mol. The van der Waals surface area contributed by atoms with Crippen LogP contribution in [-0.4, -0.2) is 10.5 Å². The van der Waals surface area contributed by atoms with Crippen molar-refractivity contribution in [3.63, 3.8) is 0 Å². The Bertz CT molecular complexity index is 712. The summed E-state index contributed by atoms with van der Waals surface area (Å²) in [5.41, 5.74) is 1.79. The maximum Gasteiger partial charge on any atom is 0.285 e. The van der Waals surface area contributed by atoms with E-state index in [0.717, 1.165) is 20.1 Å². The van der Waals surface area contributed by atoms with Crippen LogP contribution in [-0.2, 0) is 16.2 Å². The fourth-order valence-electron chi connectivity index (χ4n) is 1.63. The van der Waals surface area contributed by atoms with Crippen molar-refractivity contribution in [1.29, 1.82) is 0 Å². The maximum atomic E-state index is 11.8. The molecule has 0 fully saturated rings. The number of carbonyl (C=O) groups excluding carboxylic acids is 1. The van der Waals surface area contributed by atoms with Crippen LogP contribution in [0.5, 0.6) is 0 Å². The zero-order valence-electron chi connectivity index (χ0n) is 11.9. The molecule has 1 amide bonds. The van der Waals surface area contributed by atoms with E-state index < -0.39 is 17.3 Å². The highest BCUT2D eigenvalue weighted by atomic mass is 79.9. The van der Waals surface area contributed by atoms with Crippen LogP contribution in [0, 0.1) is 0 Å². The Morgan fingerprint density at radius 1 is 0.913 bits per heavy atom. The van der Waals surface area contributed by atoms with Crippen molar-refractivity contribution in [1.82, 2.24) is 4.72 Å². The Morgan fingerprint density at radius 2 is 1.39 bits per heavy atom. The molecule has 2 aromatic rings. The van der Waals surface area contributed by atoms with E-state index in [1.165, 1.54) is 11.5 Å². The largest absolute Gasteiger partial charge is 0.588 e. The fraction of sp³-hybridized carbons (Fsp3) is 0. The van der Waals surface area contributed by atoms with E-state index in [2.05, 4.69) is 36.6 Å². The van der Waals surface area contributed by atoms with Crippen LogP contribution in [0.4, 0.5) is 0 Å². The molecule has 0 radical (unpaired) electrons. The summed E-state index contributed by atoms with van der Waals surface area (Å²) in [6.07, 6.45) is 4.72. The molecule has 1 atom stereocenters. The highest BCUT2D eigenvalue weighted by molar-refractivity contribution is 9.10. The molecule has 0 heterocycles. The van der Waals surface area contributed by atoms with Crippen molar-refractivity contribution in [2.45, 2.75) is 0 Å². The van der Waals surface area contributed by atoms with Crippen LogP contribution in [0.25, 0.3) is 12.2 Å². The van der Waals surface area contributed by atoms with Gasteiger partial charge in [-0.05, 0) is 47.5 Å². The molecule has 3 nitrogen and oxygen atoms in total. The molecule has 0 bridgehead atoms. The summed E-state index contributed by atoms with van der Waals surface area (Å²) in [5, 5.41) is 1.44. The molecule has 118 valence electrons. The topological polar surface area (TPSA) is 52.2 Å². The van der Waals surface area contributed by atoms with Gasteiger partial charge in [-0.15, -0.1) is 0 Å². The van der Waals surface area contributed by atoms with E-state index in [-0.39, 0.29) is 0 Å². The van der Waals surface area contributed by atoms with Crippen LogP contribution >= 0.6 is 31.9 Å². The first-order chi connectivity index (χ1) is 11.0. The number of hydrogen-bond acceptors (Lipinski definition) is 2. The molecule has 1 unspecified atom stereocenters. The maximum absolute atomic E-state index is 11.8. The van der Waals surface area contributed by atoms with Crippen LogP contribution < -0.4 is 4.72 Å². The number of rotatable bonds is 5. The quantitative estimate of drug-likeness (QED) is 0.526. The second-order valence-corrected chi connectivity index (χ2v) is 7.41. The second kappa shape index (κ2) is 9.08. The van der Waals surface area contributed by atoms with Gasteiger partial charge in [0.15, 0.2) is 0 Å². The first-order valence-corrected chi connectivity index (χ1v) is 9.41. The Balaban J connectivity index is 1.86. The Kier molecular flexibility index (Phi) is 7.11. The van der Waals surface area contributed by atoms with Gasteiger partial charge in [0.05, 0.1) is 0 Å². The number of hydrogen-bond donors (Lipinski definition) is 1. The van der Waals surface area contributed by atoms with Gasteiger partial charge < -0.3 is 4.55 Å². The molecule has 0 aromatic heterocycles. The molecule has 0 aliphatic heterocycles. The zero-order chi connectivity index (χ0) is 16.7. The van der Waals surface area contributed by atoms with Gasteiger partial charge in [0.1, 0.15) is 16.8 Å². The monoisotopic (exact) mass is 453 g/mol. The van der Waals surface area contributed by atoms with Gasteiger partial charge in [-0.3, -0.25) is 4.79 Å². The Morgan fingerprint density at radius 3 is 1.91 bits per heavy atom. The highest BCUT2D eigenvalue weighted by Gasteiger charge is 2.05. The van der Waals surface area contributed by atoms with Gasteiger partial charge >= 0.3 is 0 Å². The standard InChI is InChI=1S/C17H13Br2NO2S/c18-15-6-1-13(2-7-15)5-10-17(21)20-23(22)12-11-14-3-8-16(19)9-4-14/h1-12H,(H,20,21)/b10-5-,12-11+. The van der Waals surface area contributed by atoms with E-state index in [1.54, 1.807) is 12.2 Å². The first kappa shape index (κ1) is 18.0. The van der Waals surface area contributed by atoms with Crippen LogP contribution in [0.1, 0.15) is 11.1 Å². The lowest BCUT2D eigenvalue weighted by molar-refractivity contribution is -0.114. The van der Waals surface area contributed by atoms with Crippen molar-refractivity contribution in [2.24, 2.45) is 0 Å². The van der Waals surface area contributed by atoms with E-state index in [9.17, 15) is 9.35 Å². The summed E-state index contributed by atoms with van der Waals surface area (Å²) in [6, 6.07) is 15.1. The number of amides is 1. The Hall–Kier alpha value is -1.34. The summed E-state index contributed by atoms with van der Waals surface area (Å²) >= 11 is 5.12.